The average Bonchev–Trinajstić information content (AvgIpc) is 2.98. The second-order valence-electron chi connectivity index (χ2n) is 4.94. The summed E-state index contributed by atoms with van der Waals surface area (Å²) in [6.07, 6.45) is 1.43. The number of nitrogens with zero attached hydrogens (tertiary/aromatic N) is 1. The Morgan fingerprint density at radius 3 is 2.84 bits per heavy atom. The summed E-state index contributed by atoms with van der Waals surface area (Å²) in [5.74, 6) is 0.0246. The van der Waals surface area contributed by atoms with Gasteiger partial charge in [-0.05, 0) is 12.1 Å². The van der Waals surface area contributed by atoms with Crippen molar-refractivity contribution in [2.24, 2.45) is 0 Å². The molecule has 0 radical (unpaired) electrons. The monoisotopic (exact) mass is 369 g/mol. The number of hydrogen-bond acceptors (Lipinski definition) is 5. The minimum Gasteiger partial charge on any atom is -0.491 e. The molecule has 0 spiro atoms. The predicted octanol–water partition coefficient (Wildman–Crippen LogP) is 2.17. The number of alkyl halides is 2. The third-order valence-electron chi connectivity index (χ3n) is 3.34. The van der Waals surface area contributed by atoms with Crippen LogP contribution in [0.3, 0.4) is 0 Å². The third kappa shape index (κ3) is 3.68. The molecule has 0 amide bonds. The summed E-state index contributed by atoms with van der Waals surface area (Å²) in [6, 6.07) is 5.48. The Balaban J connectivity index is 1.87. The first kappa shape index (κ1) is 17.1. The molecule has 1 atom stereocenters. The van der Waals surface area contributed by atoms with Crippen molar-refractivity contribution >= 4 is 21.8 Å². The molecule has 1 aromatic carbocycles. The fraction of sp³-hybridized carbons (Fsp3) is 0.200. The summed E-state index contributed by atoms with van der Waals surface area (Å²) >= 11 is 0. The fourth-order valence-corrected chi connectivity index (χ4v) is 3.32. The van der Waals surface area contributed by atoms with Gasteiger partial charge in [0.1, 0.15) is 5.75 Å². The Labute approximate surface area is 142 Å². The lowest BCUT2D eigenvalue weighted by atomic mass is 10.3. The van der Waals surface area contributed by atoms with Crippen LogP contribution < -0.4 is 14.9 Å². The van der Waals surface area contributed by atoms with E-state index in [1.54, 1.807) is 0 Å². The summed E-state index contributed by atoms with van der Waals surface area (Å²) in [4.78, 5) is 21.5. The second-order valence-corrected chi connectivity index (χ2v) is 6.31. The molecule has 25 heavy (non-hydrogen) atoms. The number of benzene rings is 1. The number of H-pyrrole nitrogens is 2. The molecule has 0 saturated carbocycles. The molecule has 0 fully saturated rings. The van der Waals surface area contributed by atoms with Crippen LogP contribution >= 0.6 is 0 Å². The molecule has 10 heteroatoms. The zero-order valence-electron chi connectivity index (χ0n) is 12.9. The Bertz CT molecular complexity index is 986. The molecule has 0 aliphatic heterocycles. The summed E-state index contributed by atoms with van der Waals surface area (Å²) in [7, 11) is -0.260. The molecule has 0 bridgehead atoms. The van der Waals surface area contributed by atoms with Crippen LogP contribution in [0.15, 0.2) is 40.4 Å². The van der Waals surface area contributed by atoms with E-state index in [0.29, 0.717) is 16.7 Å². The maximum Gasteiger partial charge on any atom is 0.387 e. The highest BCUT2D eigenvalue weighted by Crippen LogP contribution is 2.22. The molecule has 3 rings (SSSR count). The van der Waals surface area contributed by atoms with Gasteiger partial charge in [-0.1, -0.05) is 0 Å². The number of ether oxygens (including phenoxy) is 2. The quantitative estimate of drug-likeness (QED) is 0.694. The summed E-state index contributed by atoms with van der Waals surface area (Å²) in [6.45, 7) is -2.93. The second kappa shape index (κ2) is 7.01. The number of methoxy groups -OCH3 is 1. The van der Waals surface area contributed by atoms with Gasteiger partial charge in [0.05, 0.1) is 40.4 Å². The highest BCUT2D eigenvalue weighted by Gasteiger charge is 2.16. The van der Waals surface area contributed by atoms with Crippen LogP contribution in [-0.4, -0.2) is 32.9 Å². The van der Waals surface area contributed by atoms with E-state index < -0.39 is 17.4 Å². The molecule has 2 heterocycles. The van der Waals surface area contributed by atoms with E-state index in [1.165, 1.54) is 37.6 Å². The number of pyridine rings is 1. The van der Waals surface area contributed by atoms with Crippen molar-refractivity contribution < 1.29 is 22.5 Å². The first-order valence-corrected chi connectivity index (χ1v) is 8.37. The van der Waals surface area contributed by atoms with Crippen LogP contribution in [0.1, 0.15) is 5.69 Å². The number of aromatic nitrogens is 3. The molecule has 0 aliphatic carbocycles. The van der Waals surface area contributed by atoms with E-state index in [4.69, 9.17) is 4.74 Å². The van der Waals surface area contributed by atoms with Crippen LogP contribution in [0.4, 0.5) is 8.78 Å². The van der Waals surface area contributed by atoms with Crippen molar-refractivity contribution in [3.8, 4) is 11.5 Å². The lowest BCUT2D eigenvalue weighted by Gasteiger charge is -2.05. The van der Waals surface area contributed by atoms with Gasteiger partial charge in [-0.25, -0.2) is 4.98 Å². The number of fused-ring (bicyclic) bond motifs is 1. The minimum absolute atomic E-state index is 0.0283. The van der Waals surface area contributed by atoms with Crippen LogP contribution in [0.2, 0.25) is 0 Å². The maximum absolute atomic E-state index is 12.5. The fourth-order valence-electron chi connectivity index (χ4n) is 2.29. The number of rotatable bonds is 6. The Kier molecular flexibility index (Phi) is 4.79. The van der Waals surface area contributed by atoms with Gasteiger partial charge in [0.15, 0.2) is 10.9 Å². The Hall–Kier alpha value is -2.75. The number of hydrogen-bond donors (Lipinski definition) is 2. The van der Waals surface area contributed by atoms with Crippen LogP contribution in [0.25, 0.3) is 11.0 Å². The van der Waals surface area contributed by atoms with E-state index in [-0.39, 0.29) is 27.8 Å². The normalized spacial score (nSPS) is 12.5. The highest BCUT2D eigenvalue weighted by atomic mass is 32.2. The average molecular weight is 369 g/mol. The van der Waals surface area contributed by atoms with E-state index in [0.717, 1.165) is 0 Å². The summed E-state index contributed by atoms with van der Waals surface area (Å²) in [5.41, 5.74) is 0.913. The number of nitrogens with one attached hydrogen (secondary N) is 2. The molecule has 3 aromatic rings. The van der Waals surface area contributed by atoms with Gasteiger partial charge in [-0.2, -0.15) is 8.78 Å². The van der Waals surface area contributed by atoms with Crippen molar-refractivity contribution in [1.82, 2.24) is 15.0 Å². The number of aromatic amines is 2. The largest absolute Gasteiger partial charge is 0.491 e. The van der Waals surface area contributed by atoms with Crippen molar-refractivity contribution in [3.63, 3.8) is 0 Å². The van der Waals surface area contributed by atoms with Gasteiger partial charge in [-0.3, -0.25) is 9.00 Å². The van der Waals surface area contributed by atoms with Crippen molar-refractivity contribution in [2.45, 2.75) is 17.5 Å². The summed E-state index contributed by atoms with van der Waals surface area (Å²) in [5, 5.41) is 0.149. The van der Waals surface area contributed by atoms with Crippen LogP contribution in [-0.2, 0) is 16.6 Å². The van der Waals surface area contributed by atoms with E-state index in [2.05, 4.69) is 19.7 Å². The van der Waals surface area contributed by atoms with E-state index >= 15 is 0 Å². The van der Waals surface area contributed by atoms with Crippen LogP contribution in [0, 0.1) is 0 Å². The van der Waals surface area contributed by atoms with Crippen molar-refractivity contribution in [2.75, 3.05) is 7.11 Å². The first-order chi connectivity index (χ1) is 12.0. The predicted molar refractivity (Wildman–Crippen MR) is 86.5 cm³/mol. The lowest BCUT2D eigenvalue weighted by Crippen LogP contribution is -2.11. The highest BCUT2D eigenvalue weighted by molar-refractivity contribution is 7.84. The number of imidazole rings is 1. The van der Waals surface area contributed by atoms with Gasteiger partial charge < -0.3 is 19.4 Å². The SMILES string of the molecule is COc1c(C[S@](=O)c2nc3ccc(OC(F)F)cc3[nH]2)[nH]ccc1=O. The molecule has 0 aliphatic rings. The zero-order valence-corrected chi connectivity index (χ0v) is 13.7. The lowest BCUT2D eigenvalue weighted by molar-refractivity contribution is -0.0497. The van der Waals surface area contributed by atoms with E-state index in [9.17, 15) is 17.8 Å². The maximum atomic E-state index is 12.5. The van der Waals surface area contributed by atoms with Gasteiger partial charge in [0.2, 0.25) is 5.43 Å². The molecule has 0 saturated heterocycles. The molecule has 2 aromatic heterocycles. The summed E-state index contributed by atoms with van der Waals surface area (Å²) < 4.78 is 46.4. The molecular weight excluding hydrogens is 356 g/mol. The smallest absolute Gasteiger partial charge is 0.387 e. The van der Waals surface area contributed by atoms with Gasteiger partial charge in [0.25, 0.3) is 0 Å². The van der Waals surface area contributed by atoms with Gasteiger partial charge in [-0.15, -0.1) is 0 Å². The molecule has 2 N–H and O–H groups in total. The Morgan fingerprint density at radius 2 is 2.12 bits per heavy atom. The minimum atomic E-state index is -2.93. The number of halogens is 2. The zero-order chi connectivity index (χ0) is 18.0. The first-order valence-electron chi connectivity index (χ1n) is 7.05. The van der Waals surface area contributed by atoms with Crippen molar-refractivity contribution in [1.29, 1.82) is 0 Å². The van der Waals surface area contributed by atoms with Gasteiger partial charge in [0, 0.05) is 18.3 Å². The third-order valence-corrected chi connectivity index (χ3v) is 4.52. The molecular formula is C15H13F2N3O4S. The molecule has 0 unspecified atom stereocenters. The van der Waals surface area contributed by atoms with Gasteiger partial charge >= 0.3 is 6.61 Å². The molecule has 132 valence electrons. The molecule has 7 nitrogen and oxygen atoms in total. The Morgan fingerprint density at radius 1 is 1.32 bits per heavy atom. The standard InChI is InChI=1S/C15H13F2N3O4S/c1-23-13-11(18-5-4-12(13)21)7-25(22)15-19-9-3-2-8(24-14(16)17)6-10(9)20-15/h2-6,14H,7H2,1H3,(H,18,21)(H,19,20)/t25-/m0/s1. The van der Waals surface area contributed by atoms with E-state index in [1.807, 2.05) is 0 Å². The van der Waals surface area contributed by atoms with Crippen LogP contribution in [0.5, 0.6) is 11.5 Å². The van der Waals surface area contributed by atoms with Crippen molar-refractivity contribution in [3.05, 3.63) is 46.4 Å². The topological polar surface area (TPSA) is 97.1 Å².